The lowest BCUT2D eigenvalue weighted by Gasteiger charge is -2.27. The molecule has 0 aliphatic carbocycles. The van der Waals surface area contributed by atoms with Crippen LogP contribution in [0, 0.1) is 0 Å². The van der Waals surface area contributed by atoms with Gasteiger partial charge in [0.1, 0.15) is 18.1 Å². The molecule has 0 aromatic heterocycles. The van der Waals surface area contributed by atoms with Crippen molar-refractivity contribution in [1.82, 2.24) is 15.5 Å². The number of carboxylic acids is 2. The fourth-order valence-corrected chi connectivity index (χ4v) is 2.83. The smallest absolute Gasteiger partial charge is 0.328 e. The highest BCUT2D eigenvalue weighted by atomic mass is 16.4. The minimum Gasteiger partial charge on any atom is -0.481 e. The van der Waals surface area contributed by atoms with Crippen LogP contribution in [-0.2, 0) is 24.0 Å². The number of rotatable bonds is 10. The Balaban J connectivity index is 2.88. The van der Waals surface area contributed by atoms with Crippen LogP contribution in [0.15, 0.2) is 0 Å². The van der Waals surface area contributed by atoms with Gasteiger partial charge in [-0.25, -0.2) is 4.79 Å². The summed E-state index contributed by atoms with van der Waals surface area (Å²) < 4.78 is 0. The molecule has 28 heavy (non-hydrogen) atoms. The van der Waals surface area contributed by atoms with Gasteiger partial charge in [0, 0.05) is 13.0 Å². The summed E-state index contributed by atoms with van der Waals surface area (Å²) in [5.74, 6) is -4.72. The van der Waals surface area contributed by atoms with Gasteiger partial charge in [0.05, 0.1) is 12.6 Å². The van der Waals surface area contributed by atoms with Gasteiger partial charge >= 0.3 is 11.9 Å². The van der Waals surface area contributed by atoms with Crippen LogP contribution in [0.2, 0.25) is 0 Å². The Kier molecular flexibility index (Phi) is 8.79. The Morgan fingerprint density at radius 2 is 1.79 bits per heavy atom. The number of carbonyl (C=O) groups is 5. The van der Waals surface area contributed by atoms with Crippen LogP contribution >= 0.6 is 0 Å². The van der Waals surface area contributed by atoms with Gasteiger partial charge in [-0.1, -0.05) is 0 Å². The van der Waals surface area contributed by atoms with Gasteiger partial charge in [-0.15, -0.1) is 0 Å². The highest BCUT2D eigenvalue weighted by Gasteiger charge is 2.37. The third-order valence-electron chi connectivity index (χ3n) is 4.31. The molecule has 0 aromatic rings. The van der Waals surface area contributed by atoms with Gasteiger partial charge in [-0.3, -0.25) is 19.2 Å². The van der Waals surface area contributed by atoms with E-state index in [0.717, 1.165) is 0 Å². The molecular formula is C16H26N4O8. The van der Waals surface area contributed by atoms with E-state index in [1.54, 1.807) is 0 Å². The van der Waals surface area contributed by atoms with E-state index in [-0.39, 0.29) is 6.42 Å². The zero-order valence-corrected chi connectivity index (χ0v) is 15.5. The average molecular weight is 402 g/mol. The molecule has 4 unspecified atom stereocenters. The van der Waals surface area contributed by atoms with E-state index in [0.29, 0.717) is 19.4 Å². The molecule has 12 heteroatoms. The number of amides is 3. The van der Waals surface area contributed by atoms with Crippen molar-refractivity contribution in [3.05, 3.63) is 0 Å². The van der Waals surface area contributed by atoms with E-state index < -0.39 is 66.9 Å². The topological polar surface area (TPSA) is 199 Å². The standard InChI is InChI=1S/C16H26N4O8/c1-8(17)15(26)20-6-2-3-11(20)14(25)18-9(4-5-12(22)23)13(24)19-10(7-21)16(27)28/h8-11,21H,2-7,17H2,1H3,(H,18,25)(H,19,24)(H,22,23)(H,27,28). The normalized spacial score (nSPS) is 19.4. The molecule has 12 nitrogen and oxygen atoms in total. The monoisotopic (exact) mass is 402 g/mol. The first kappa shape index (κ1) is 23.3. The summed E-state index contributed by atoms with van der Waals surface area (Å²) in [6.45, 7) is 0.940. The summed E-state index contributed by atoms with van der Waals surface area (Å²) in [7, 11) is 0. The van der Waals surface area contributed by atoms with Crippen LogP contribution in [0.5, 0.6) is 0 Å². The third-order valence-corrected chi connectivity index (χ3v) is 4.31. The lowest BCUT2D eigenvalue weighted by molar-refractivity contribution is -0.144. The number of nitrogens with two attached hydrogens (primary N) is 1. The SMILES string of the molecule is CC(N)C(=O)N1CCCC1C(=O)NC(CCC(=O)O)C(=O)NC(CO)C(=O)O. The predicted molar refractivity (Wildman–Crippen MR) is 93.8 cm³/mol. The number of aliphatic hydroxyl groups is 1. The fraction of sp³-hybridized carbons (Fsp3) is 0.688. The van der Waals surface area contributed by atoms with Gasteiger partial charge in [0.15, 0.2) is 0 Å². The Bertz CT molecular complexity index is 624. The zero-order chi connectivity index (χ0) is 21.4. The van der Waals surface area contributed by atoms with Crippen LogP contribution in [0.3, 0.4) is 0 Å². The molecule has 1 rings (SSSR count). The predicted octanol–water partition coefficient (Wildman–Crippen LogP) is -2.76. The third kappa shape index (κ3) is 6.46. The molecule has 4 atom stereocenters. The molecule has 0 aromatic carbocycles. The summed E-state index contributed by atoms with van der Waals surface area (Å²) in [5.41, 5.74) is 5.58. The van der Waals surface area contributed by atoms with Crippen LogP contribution in [0.1, 0.15) is 32.6 Å². The maximum atomic E-state index is 12.6. The first-order chi connectivity index (χ1) is 13.1. The van der Waals surface area contributed by atoms with Crippen molar-refractivity contribution in [2.24, 2.45) is 5.73 Å². The second-order valence-corrected chi connectivity index (χ2v) is 6.55. The van der Waals surface area contributed by atoms with Gasteiger partial charge < -0.3 is 36.6 Å². The molecule has 158 valence electrons. The minimum absolute atomic E-state index is 0.293. The fourth-order valence-electron chi connectivity index (χ4n) is 2.83. The zero-order valence-electron chi connectivity index (χ0n) is 15.5. The van der Waals surface area contributed by atoms with E-state index in [9.17, 15) is 24.0 Å². The number of aliphatic carboxylic acids is 2. The van der Waals surface area contributed by atoms with Crippen molar-refractivity contribution in [3.63, 3.8) is 0 Å². The van der Waals surface area contributed by atoms with E-state index in [1.165, 1.54) is 11.8 Å². The van der Waals surface area contributed by atoms with Crippen LogP contribution in [0.25, 0.3) is 0 Å². The summed E-state index contributed by atoms with van der Waals surface area (Å²) in [4.78, 5) is 60.1. The number of likely N-dealkylation sites (tertiary alicyclic amines) is 1. The van der Waals surface area contributed by atoms with E-state index >= 15 is 0 Å². The first-order valence-corrected chi connectivity index (χ1v) is 8.80. The van der Waals surface area contributed by atoms with E-state index in [1.807, 2.05) is 5.32 Å². The number of aliphatic hydroxyl groups excluding tert-OH is 1. The van der Waals surface area contributed by atoms with Crippen molar-refractivity contribution in [1.29, 1.82) is 0 Å². The van der Waals surface area contributed by atoms with Crippen LogP contribution in [0.4, 0.5) is 0 Å². The molecule has 1 heterocycles. The molecule has 1 aliphatic heterocycles. The first-order valence-electron chi connectivity index (χ1n) is 8.80. The molecule has 0 spiro atoms. The number of nitrogens with zero attached hydrogens (tertiary/aromatic N) is 1. The van der Waals surface area contributed by atoms with Gasteiger partial charge in [0.25, 0.3) is 0 Å². The Morgan fingerprint density at radius 1 is 1.14 bits per heavy atom. The Labute approximate surface area is 161 Å². The Morgan fingerprint density at radius 3 is 2.29 bits per heavy atom. The quantitative estimate of drug-likeness (QED) is 0.224. The minimum atomic E-state index is -1.60. The molecule has 1 aliphatic rings. The molecule has 3 amide bonds. The van der Waals surface area contributed by atoms with Crippen LogP contribution in [-0.4, -0.2) is 87.2 Å². The molecule has 1 saturated heterocycles. The Hall–Kier alpha value is -2.73. The van der Waals surface area contributed by atoms with E-state index in [4.69, 9.17) is 21.1 Å². The number of carbonyl (C=O) groups excluding carboxylic acids is 3. The summed E-state index contributed by atoms with van der Waals surface area (Å²) >= 11 is 0. The molecule has 1 fully saturated rings. The highest BCUT2D eigenvalue weighted by Crippen LogP contribution is 2.18. The lowest BCUT2D eigenvalue weighted by atomic mass is 10.1. The molecule has 0 radical (unpaired) electrons. The summed E-state index contributed by atoms with van der Waals surface area (Å²) in [5, 5.41) is 31.2. The van der Waals surface area contributed by atoms with Crippen molar-refractivity contribution >= 4 is 29.7 Å². The van der Waals surface area contributed by atoms with Crippen LogP contribution < -0.4 is 16.4 Å². The van der Waals surface area contributed by atoms with Crippen molar-refractivity contribution in [3.8, 4) is 0 Å². The van der Waals surface area contributed by atoms with Crippen molar-refractivity contribution in [2.75, 3.05) is 13.2 Å². The average Bonchev–Trinajstić information content (AvgIpc) is 3.11. The molecule has 0 saturated carbocycles. The number of nitrogens with one attached hydrogen (secondary N) is 2. The van der Waals surface area contributed by atoms with E-state index in [2.05, 4.69) is 5.32 Å². The second-order valence-electron chi connectivity index (χ2n) is 6.55. The molecule has 0 bridgehead atoms. The lowest BCUT2D eigenvalue weighted by Crippen LogP contribution is -2.56. The number of hydrogen-bond acceptors (Lipinski definition) is 7. The number of carboxylic acid groups (broad SMARTS) is 2. The van der Waals surface area contributed by atoms with Gasteiger partial charge in [-0.05, 0) is 26.2 Å². The van der Waals surface area contributed by atoms with Gasteiger partial charge in [0.2, 0.25) is 17.7 Å². The highest BCUT2D eigenvalue weighted by molar-refractivity contribution is 5.94. The molecule has 7 N–H and O–H groups in total. The maximum Gasteiger partial charge on any atom is 0.328 e. The van der Waals surface area contributed by atoms with Crippen molar-refractivity contribution in [2.45, 2.75) is 56.8 Å². The largest absolute Gasteiger partial charge is 0.481 e. The second kappa shape index (κ2) is 10.6. The molecular weight excluding hydrogens is 376 g/mol. The van der Waals surface area contributed by atoms with Crippen molar-refractivity contribution < 1.29 is 39.3 Å². The summed E-state index contributed by atoms with van der Waals surface area (Å²) in [6, 6.07) is -4.60. The number of hydrogen-bond donors (Lipinski definition) is 6. The van der Waals surface area contributed by atoms with Gasteiger partial charge in [-0.2, -0.15) is 0 Å². The summed E-state index contributed by atoms with van der Waals surface area (Å²) in [6.07, 6.45) is 0.168. The maximum absolute atomic E-state index is 12.6.